The monoisotopic (exact) mass is 820 g/mol. The number of para-hydroxylation sites is 3. The summed E-state index contributed by atoms with van der Waals surface area (Å²) in [5.41, 5.74) is 18.6. The summed E-state index contributed by atoms with van der Waals surface area (Å²) < 4.78 is 15.9. The average Bonchev–Trinajstić information content (AvgIpc) is 4.15. The molecule has 1 saturated carbocycles. The topological polar surface area (TPSA) is 33.9 Å². The molecule has 15 rings (SSSR count). The van der Waals surface area contributed by atoms with Gasteiger partial charge in [-0.25, -0.2) is 0 Å². The molecule has 1 fully saturated rings. The lowest BCUT2D eigenvalue weighted by Crippen LogP contribution is -2.28. The number of anilines is 3. The minimum Gasteiger partial charge on any atom is -0.456 e. The first-order valence-corrected chi connectivity index (χ1v) is 22.8. The van der Waals surface area contributed by atoms with E-state index in [4.69, 9.17) is 8.83 Å². The van der Waals surface area contributed by atoms with Crippen molar-refractivity contribution >= 4 is 99.0 Å². The van der Waals surface area contributed by atoms with E-state index >= 15 is 0 Å². The van der Waals surface area contributed by atoms with Gasteiger partial charge in [0.2, 0.25) is 0 Å². The summed E-state index contributed by atoms with van der Waals surface area (Å²) in [7, 11) is 0. The van der Waals surface area contributed by atoms with Crippen molar-refractivity contribution in [1.29, 1.82) is 0 Å². The Bertz CT molecular complexity index is 4000. The molecule has 0 saturated heterocycles. The predicted octanol–water partition coefficient (Wildman–Crippen LogP) is 17.0. The molecule has 64 heavy (non-hydrogen) atoms. The highest BCUT2D eigenvalue weighted by molar-refractivity contribution is 6.25. The number of furan rings is 2. The third-order valence-electron chi connectivity index (χ3n) is 15.1. The van der Waals surface area contributed by atoms with Crippen molar-refractivity contribution < 1.29 is 8.83 Å². The second-order valence-corrected chi connectivity index (χ2v) is 18.2. The SMILES string of the molecule is c1ccc2c(c1)-c1c(N(c3cccc4oc5ccccc5c34)c3cccc4oc5ccc(-c6cc7c8ccccc8n8c9ccccc9c(c6)c78)cc5c34)cccc1C21CCCCC1. The maximum Gasteiger partial charge on any atom is 0.137 e. The van der Waals surface area contributed by atoms with Crippen molar-refractivity contribution in [1.82, 2.24) is 4.40 Å². The Kier molecular flexibility index (Phi) is 6.86. The van der Waals surface area contributed by atoms with Crippen molar-refractivity contribution in [2.24, 2.45) is 0 Å². The molecule has 0 unspecified atom stereocenters. The van der Waals surface area contributed by atoms with Crippen LogP contribution >= 0.6 is 0 Å². The molecule has 2 aliphatic rings. The second kappa shape index (κ2) is 12.6. The van der Waals surface area contributed by atoms with Crippen molar-refractivity contribution in [2.45, 2.75) is 37.5 Å². The fourth-order valence-electron chi connectivity index (χ4n) is 12.5. The minimum atomic E-state index is 0.0116. The number of nitrogens with zero attached hydrogens (tertiary/aromatic N) is 2. The molecule has 4 heterocycles. The molecule has 0 radical (unpaired) electrons. The van der Waals surface area contributed by atoms with Gasteiger partial charge in [0, 0.05) is 43.3 Å². The van der Waals surface area contributed by atoms with E-state index in [1.165, 1.54) is 104 Å². The first-order valence-electron chi connectivity index (χ1n) is 22.8. The van der Waals surface area contributed by atoms with Crippen LogP contribution < -0.4 is 4.90 Å². The summed E-state index contributed by atoms with van der Waals surface area (Å²) in [6.45, 7) is 0. The standard InChI is InChI=1S/C60H40N2O2/c1-10-31-60(32-11-1)45-19-6-2-17-40(45)56-46(60)20-12-23-49(56)61(50-24-13-27-54-57(50)41-18-5-9-26-52(41)63-54)51-25-14-28-55-58(51)44-33-36(29-30-53(44)64-55)37-34-42-38-15-3-7-21-47(38)62-48-22-8-4-16-39(48)43(35-37)59(42)62/h2-9,12-30,33-35H,1,10-11,31-32H2. The maximum atomic E-state index is 6.85. The van der Waals surface area contributed by atoms with Crippen LogP contribution in [0.25, 0.3) is 104 Å². The fourth-order valence-corrected chi connectivity index (χ4v) is 12.5. The summed E-state index contributed by atoms with van der Waals surface area (Å²) in [4.78, 5) is 2.53. The minimum absolute atomic E-state index is 0.0116. The van der Waals surface area contributed by atoms with E-state index in [2.05, 4.69) is 191 Å². The smallest absolute Gasteiger partial charge is 0.137 e. The van der Waals surface area contributed by atoms with E-state index in [0.29, 0.717) is 0 Å². The lowest BCUT2D eigenvalue weighted by molar-refractivity contribution is 0.353. The summed E-state index contributed by atoms with van der Waals surface area (Å²) in [6.07, 6.45) is 6.13. The first-order chi connectivity index (χ1) is 31.7. The fraction of sp³-hybridized carbons (Fsp3) is 0.100. The van der Waals surface area contributed by atoms with Gasteiger partial charge in [0.1, 0.15) is 22.3 Å². The van der Waals surface area contributed by atoms with E-state index in [-0.39, 0.29) is 5.41 Å². The molecular formula is C60H40N2O2. The van der Waals surface area contributed by atoms with Gasteiger partial charge >= 0.3 is 0 Å². The molecule has 4 nitrogen and oxygen atoms in total. The van der Waals surface area contributed by atoms with Gasteiger partial charge in [-0.05, 0) is 113 Å². The molecule has 1 spiro atoms. The zero-order chi connectivity index (χ0) is 41.7. The molecule has 0 bridgehead atoms. The summed E-state index contributed by atoms with van der Waals surface area (Å²) in [5, 5.41) is 9.49. The zero-order valence-electron chi connectivity index (χ0n) is 35.1. The van der Waals surface area contributed by atoms with E-state index in [1.807, 2.05) is 0 Å². The number of benzene rings is 9. The molecule has 0 amide bonds. The van der Waals surface area contributed by atoms with Gasteiger partial charge in [0.15, 0.2) is 0 Å². The number of rotatable bonds is 4. The molecule has 4 aromatic heterocycles. The Morgan fingerprint density at radius 2 is 0.953 bits per heavy atom. The Balaban J connectivity index is 1.02. The van der Waals surface area contributed by atoms with Gasteiger partial charge in [-0.3, -0.25) is 0 Å². The van der Waals surface area contributed by atoms with Crippen molar-refractivity contribution in [3.05, 3.63) is 193 Å². The van der Waals surface area contributed by atoms with E-state index < -0.39 is 0 Å². The van der Waals surface area contributed by atoms with E-state index in [1.54, 1.807) is 0 Å². The molecule has 2 aliphatic carbocycles. The lowest BCUT2D eigenvalue weighted by Gasteiger charge is -2.36. The third-order valence-corrected chi connectivity index (χ3v) is 15.1. The van der Waals surface area contributed by atoms with Crippen LogP contribution in [0.1, 0.15) is 43.2 Å². The maximum absolute atomic E-state index is 6.85. The quantitative estimate of drug-likeness (QED) is 0.177. The van der Waals surface area contributed by atoms with Crippen LogP contribution in [0.3, 0.4) is 0 Å². The summed E-state index contributed by atoms with van der Waals surface area (Å²) >= 11 is 0. The highest BCUT2D eigenvalue weighted by Crippen LogP contribution is 2.60. The van der Waals surface area contributed by atoms with E-state index in [0.717, 1.165) is 60.8 Å². The van der Waals surface area contributed by atoms with Gasteiger partial charge < -0.3 is 18.1 Å². The highest BCUT2D eigenvalue weighted by atomic mass is 16.3. The van der Waals surface area contributed by atoms with Crippen LogP contribution in [0.2, 0.25) is 0 Å². The second-order valence-electron chi connectivity index (χ2n) is 18.2. The average molecular weight is 821 g/mol. The van der Waals surface area contributed by atoms with Gasteiger partial charge in [0.25, 0.3) is 0 Å². The molecule has 13 aromatic rings. The van der Waals surface area contributed by atoms with Crippen LogP contribution in [0.5, 0.6) is 0 Å². The van der Waals surface area contributed by atoms with Crippen LogP contribution in [0.4, 0.5) is 17.1 Å². The van der Waals surface area contributed by atoms with Crippen LogP contribution in [-0.4, -0.2) is 4.40 Å². The molecule has 0 aliphatic heterocycles. The number of hydrogen-bond acceptors (Lipinski definition) is 3. The summed E-state index contributed by atoms with van der Waals surface area (Å²) in [5.74, 6) is 0. The Morgan fingerprint density at radius 1 is 0.406 bits per heavy atom. The Morgan fingerprint density at radius 3 is 1.69 bits per heavy atom. The molecule has 0 atom stereocenters. The molecule has 9 aromatic carbocycles. The number of fused-ring (bicyclic) bond motifs is 17. The third kappa shape index (κ3) is 4.47. The normalized spacial score (nSPS) is 14.7. The van der Waals surface area contributed by atoms with Crippen molar-refractivity contribution in [3.63, 3.8) is 0 Å². The van der Waals surface area contributed by atoms with Crippen LogP contribution in [0, 0.1) is 0 Å². The van der Waals surface area contributed by atoms with Crippen LogP contribution in [-0.2, 0) is 5.41 Å². The van der Waals surface area contributed by atoms with Crippen molar-refractivity contribution in [3.8, 4) is 22.3 Å². The highest BCUT2D eigenvalue weighted by Gasteiger charge is 2.45. The van der Waals surface area contributed by atoms with Crippen molar-refractivity contribution in [2.75, 3.05) is 4.90 Å². The largest absolute Gasteiger partial charge is 0.456 e. The number of hydrogen-bond donors (Lipinski definition) is 0. The zero-order valence-corrected chi connectivity index (χ0v) is 35.1. The molecule has 0 N–H and O–H groups in total. The van der Waals surface area contributed by atoms with Gasteiger partial charge in [-0.2, -0.15) is 0 Å². The molecular weight excluding hydrogens is 781 g/mol. The Labute approximate surface area is 368 Å². The van der Waals surface area contributed by atoms with Gasteiger partial charge in [-0.1, -0.05) is 128 Å². The van der Waals surface area contributed by atoms with Gasteiger partial charge in [-0.15, -0.1) is 0 Å². The van der Waals surface area contributed by atoms with Gasteiger partial charge in [0.05, 0.1) is 44.4 Å². The molecule has 302 valence electrons. The number of aromatic nitrogens is 1. The summed E-state index contributed by atoms with van der Waals surface area (Å²) in [6, 6.07) is 67.1. The molecule has 4 heteroatoms. The van der Waals surface area contributed by atoms with Crippen LogP contribution in [0.15, 0.2) is 191 Å². The van der Waals surface area contributed by atoms with E-state index in [9.17, 15) is 0 Å². The first kappa shape index (κ1) is 34.7. The Hall–Kier alpha value is -7.82. The lowest BCUT2D eigenvalue weighted by atomic mass is 9.68. The predicted molar refractivity (Wildman–Crippen MR) is 265 cm³/mol.